The van der Waals surface area contributed by atoms with Gasteiger partial charge in [0, 0.05) is 37.5 Å². The third-order valence-corrected chi connectivity index (χ3v) is 4.21. The number of halogens is 1. The van der Waals surface area contributed by atoms with Crippen LogP contribution in [0.1, 0.15) is 35.7 Å². The normalized spacial score (nSPS) is 10.4. The molecule has 0 aliphatic carbocycles. The number of ketones is 1. The summed E-state index contributed by atoms with van der Waals surface area (Å²) in [5.74, 6) is -0.236. The van der Waals surface area contributed by atoms with Gasteiger partial charge in [-0.05, 0) is 30.2 Å². The SMILES string of the molecule is CCc1ccc(C(=O)CCC(=O)Nc2cc(Cl)ccc2N(C)C)cc1. The molecule has 0 saturated carbocycles. The molecule has 0 atom stereocenters. The number of aryl methyl sites for hydroxylation is 1. The molecule has 0 unspecified atom stereocenters. The van der Waals surface area contributed by atoms with Crippen LogP contribution in [-0.2, 0) is 11.2 Å². The van der Waals surface area contributed by atoms with Gasteiger partial charge in [0.25, 0.3) is 0 Å². The fourth-order valence-electron chi connectivity index (χ4n) is 2.51. The van der Waals surface area contributed by atoms with E-state index in [0.717, 1.165) is 12.1 Å². The number of carbonyl (C=O) groups is 2. The Balaban J connectivity index is 1.96. The maximum atomic E-state index is 12.2. The average molecular weight is 359 g/mol. The van der Waals surface area contributed by atoms with Gasteiger partial charge < -0.3 is 10.2 Å². The lowest BCUT2D eigenvalue weighted by molar-refractivity contribution is -0.116. The molecule has 0 aliphatic rings. The summed E-state index contributed by atoms with van der Waals surface area (Å²) in [4.78, 5) is 26.3. The van der Waals surface area contributed by atoms with Crippen molar-refractivity contribution in [2.75, 3.05) is 24.3 Å². The Labute approximate surface area is 153 Å². The van der Waals surface area contributed by atoms with Gasteiger partial charge in [-0.1, -0.05) is 42.8 Å². The minimum atomic E-state index is -0.205. The smallest absolute Gasteiger partial charge is 0.224 e. The highest BCUT2D eigenvalue weighted by Gasteiger charge is 2.12. The van der Waals surface area contributed by atoms with Gasteiger partial charge in [-0.3, -0.25) is 9.59 Å². The molecule has 5 heteroatoms. The zero-order chi connectivity index (χ0) is 18.4. The number of amides is 1. The van der Waals surface area contributed by atoms with Crippen molar-refractivity contribution in [1.82, 2.24) is 0 Å². The Morgan fingerprint density at radius 3 is 2.32 bits per heavy atom. The molecule has 2 aromatic rings. The van der Waals surface area contributed by atoms with Crippen LogP contribution in [0.5, 0.6) is 0 Å². The molecular formula is C20H23ClN2O2. The van der Waals surface area contributed by atoms with Crippen LogP contribution >= 0.6 is 11.6 Å². The predicted octanol–water partition coefficient (Wildman–Crippen LogP) is 4.57. The maximum absolute atomic E-state index is 12.2. The summed E-state index contributed by atoms with van der Waals surface area (Å²) in [6.45, 7) is 2.07. The highest BCUT2D eigenvalue weighted by atomic mass is 35.5. The van der Waals surface area contributed by atoms with Crippen LogP contribution in [0.15, 0.2) is 42.5 Å². The quantitative estimate of drug-likeness (QED) is 0.737. The molecule has 0 heterocycles. The Morgan fingerprint density at radius 2 is 1.72 bits per heavy atom. The second kappa shape index (κ2) is 8.67. The van der Waals surface area contributed by atoms with Crippen molar-refractivity contribution in [3.8, 4) is 0 Å². The molecule has 1 amide bonds. The number of rotatable bonds is 7. The number of benzene rings is 2. The van der Waals surface area contributed by atoms with Gasteiger partial charge in [-0.15, -0.1) is 0 Å². The summed E-state index contributed by atoms with van der Waals surface area (Å²) < 4.78 is 0. The molecule has 4 nitrogen and oxygen atoms in total. The Hall–Kier alpha value is -2.33. The van der Waals surface area contributed by atoms with Crippen molar-refractivity contribution in [3.63, 3.8) is 0 Å². The Bertz CT molecular complexity index is 755. The predicted molar refractivity (Wildman–Crippen MR) is 104 cm³/mol. The molecule has 1 N–H and O–H groups in total. The molecule has 0 spiro atoms. The molecule has 0 saturated heterocycles. The summed E-state index contributed by atoms with van der Waals surface area (Å²) in [5, 5.41) is 3.39. The minimum Gasteiger partial charge on any atom is -0.376 e. The number of hydrogen-bond acceptors (Lipinski definition) is 3. The molecule has 0 aliphatic heterocycles. The number of carbonyl (C=O) groups excluding carboxylic acids is 2. The molecule has 0 aromatic heterocycles. The second-order valence-electron chi connectivity index (χ2n) is 6.08. The third-order valence-electron chi connectivity index (χ3n) is 3.98. The van der Waals surface area contributed by atoms with Crippen LogP contribution in [0.25, 0.3) is 0 Å². The monoisotopic (exact) mass is 358 g/mol. The standard InChI is InChI=1S/C20H23ClN2O2/c1-4-14-5-7-15(8-6-14)19(24)11-12-20(25)22-17-13-16(21)9-10-18(17)23(2)3/h5-10,13H,4,11-12H2,1-3H3,(H,22,25). The molecule has 0 radical (unpaired) electrons. The minimum absolute atomic E-state index is 0.0308. The van der Waals surface area contributed by atoms with Crippen molar-refractivity contribution in [2.45, 2.75) is 26.2 Å². The zero-order valence-electron chi connectivity index (χ0n) is 14.8. The number of nitrogens with one attached hydrogen (secondary N) is 1. The van der Waals surface area contributed by atoms with E-state index >= 15 is 0 Å². The Kier molecular flexibility index (Phi) is 6.59. The number of anilines is 2. The molecule has 0 fully saturated rings. The van der Waals surface area contributed by atoms with Crippen LogP contribution in [-0.4, -0.2) is 25.8 Å². The third kappa shape index (κ3) is 5.33. The van der Waals surface area contributed by atoms with E-state index in [2.05, 4.69) is 12.2 Å². The molecule has 0 bridgehead atoms. The summed E-state index contributed by atoms with van der Waals surface area (Å²) in [7, 11) is 3.78. The first kappa shape index (κ1) is 19.0. The number of nitrogens with zero attached hydrogens (tertiary/aromatic N) is 1. The lowest BCUT2D eigenvalue weighted by Crippen LogP contribution is -2.17. The Morgan fingerprint density at radius 1 is 1.04 bits per heavy atom. The van der Waals surface area contributed by atoms with Gasteiger partial charge in [0.1, 0.15) is 0 Å². The number of Topliss-reactive ketones (excluding diaryl/α,β-unsaturated/α-hetero) is 1. The highest BCUT2D eigenvalue weighted by molar-refractivity contribution is 6.31. The zero-order valence-corrected chi connectivity index (χ0v) is 15.6. The van der Waals surface area contributed by atoms with Crippen molar-refractivity contribution >= 4 is 34.7 Å². The molecule has 132 valence electrons. The first-order valence-electron chi connectivity index (χ1n) is 8.29. The summed E-state index contributed by atoms with van der Waals surface area (Å²) in [6, 6.07) is 12.9. The van der Waals surface area contributed by atoms with Crippen LogP contribution in [0.4, 0.5) is 11.4 Å². The van der Waals surface area contributed by atoms with E-state index in [9.17, 15) is 9.59 Å². The van der Waals surface area contributed by atoms with E-state index in [0.29, 0.717) is 16.3 Å². The van der Waals surface area contributed by atoms with Crippen molar-refractivity contribution in [2.24, 2.45) is 0 Å². The van der Waals surface area contributed by atoms with E-state index in [4.69, 9.17) is 11.6 Å². The summed E-state index contributed by atoms with van der Waals surface area (Å²) in [6.07, 6.45) is 1.24. The van der Waals surface area contributed by atoms with E-state index in [-0.39, 0.29) is 24.5 Å². The van der Waals surface area contributed by atoms with Gasteiger partial charge in [0.2, 0.25) is 5.91 Å². The van der Waals surface area contributed by atoms with Crippen LogP contribution in [0, 0.1) is 0 Å². The lowest BCUT2D eigenvalue weighted by Gasteiger charge is -2.18. The van der Waals surface area contributed by atoms with Gasteiger partial charge in [-0.2, -0.15) is 0 Å². The fourth-order valence-corrected chi connectivity index (χ4v) is 2.68. The second-order valence-corrected chi connectivity index (χ2v) is 6.51. The average Bonchev–Trinajstić information content (AvgIpc) is 2.59. The van der Waals surface area contributed by atoms with Gasteiger partial charge in [0.05, 0.1) is 11.4 Å². The number of hydrogen-bond donors (Lipinski definition) is 1. The van der Waals surface area contributed by atoms with Gasteiger partial charge >= 0.3 is 0 Å². The van der Waals surface area contributed by atoms with Crippen molar-refractivity contribution in [1.29, 1.82) is 0 Å². The molecule has 2 aromatic carbocycles. The van der Waals surface area contributed by atoms with Crippen molar-refractivity contribution in [3.05, 3.63) is 58.6 Å². The largest absolute Gasteiger partial charge is 0.376 e. The van der Waals surface area contributed by atoms with Gasteiger partial charge in [0.15, 0.2) is 5.78 Å². The van der Waals surface area contributed by atoms with Crippen LogP contribution in [0.2, 0.25) is 5.02 Å². The lowest BCUT2D eigenvalue weighted by atomic mass is 10.0. The van der Waals surface area contributed by atoms with Gasteiger partial charge in [-0.25, -0.2) is 0 Å². The van der Waals surface area contributed by atoms with Crippen molar-refractivity contribution < 1.29 is 9.59 Å². The molecule has 2 rings (SSSR count). The van der Waals surface area contributed by atoms with E-state index in [1.165, 1.54) is 5.56 Å². The maximum Gasteiger partial charge on any atom is 0.224 e. The summed E-state index contributed by atoms with van der Waals surface area (Å²) in [5.41, 5.74) is 3.33. The first-order chi connectivity index (χ1) is 11.9. The topological polar surface area (TPSA) is 49.4 Å². The highest BCUT2D eigenvalue weighted by Crippen LogP contribution is 2.28. The molecular weight excluding hydrogens is 336 g/mol. The van der Waals surface area contributed by atoms with E-state index in [1.807, 2.05) is 49.3 Å². The fraction of sp³-hybridized carbons (Fsp3) is 0.300. The van der Waals surface area contributed by atoms with E-state index in [1.54, 1.807) is 12.1 Å². The van der Waals surface area contributed by atoms with Crippen LogP contribution in [0.3, 0.4) is 0 Å². The van der Waals surface area contributed by atoms with Crippen LogP contribution < -0.4 is 10.2 Å². The summed E-state index contributed by atoms with van der Waals surface area (Å²) >= 11 is 6.01. The molecule has 25 heavy (non-hydrogen) atoms. The van der Waals surface area contributed by atoms with E-state index < -0.39 is 0 Å². The first-order valence-corrected chi connectivity index (χ1v) is 8.67.